The van der Waals surface area contributed by atoms with E-state index in [0.717, 1.165) is 37.7 Å². The predicted octanol–water partition coefficient (Wildman–Crippen LogP) is 2.67. The third kappa shape index (κ3) is 2.27. The number of para-hydroxylation sites is 1. The molecule has 96 valence electrons. The van der Waals surface area contributed by atoms with Gasteiger partial charge in [0.2, 0.25) is 0 Å². The zero-order valence-corrected chi connectivity index (χ0v) is 11.0. The van der Waals surface area contributed by atoms with E-state index in [0.29, 0.717) is 0 Å². The number of hydrogen-bond acceptors (Lipinski definition) is 2. The monoisotopic (exact) mass is 243 g/mol. The van der Waals surface area contributed by atoms with Gasteiger partial charge in [-0.2, -0.15) is 0 Å². The van der Waals surface area contributed by atoms with Crippen LogP contribution in [0.3, 0.4) is 0 Å². The first-order valence-corrected chi connectivity index (χ1v) is 7.04. The van der Waals surface area contributed by atoms with Gasteiger partial charge in [0.15, 0.2) is 0 Å². The SMILES string of the molecule is CCc1cccc2[nH]c(CC3CCNCC3)nc12. The summed E-state index contributed by atoms with van der Waals surface area (Å²) in [5, 5.41) is 3.41. The van der Waals surface area contributed by atoms with Gasteiger partial charge in [-0.3, -0.25) is 0 Å². The predicted molar refractivity (Wildman–Crippen MR) is 74.8 cm³/mol. The molecule has 0 bridgehead atoms. The van der Waals surface area contributed by atoms with Crippen LogP contribution in [0.15, 0.2) is 18.2 Å². The van der Waals surface area contributed by atoms with E-state index in [-0.39, 0.29) is 0 Å². The molecule has 3 rings (SSSR count). The van der Waals surface area contributed by atoms with Crippen LogP contribution >= 0.6 is 0 Å². The number of benzene rings is 1. The van der Waals surface area contributed by atoms with Crippen LogP contribution in [-0.4, -0.2) is 23.1 Å². The van der Waals surface area contributed by atoms with Crippen molar-refractivity contribution in [2.24, 2.45) is 5.92 Å². The van der Waals surface area contributed by atoms with Gasteiger partial charge in [0.1, 0.15) is 5.82 Å². The number of aryl methyl sites for hydroxylation is 1. The largest absolute Gasteiger partial charge is 0.342 e. The third-order valence-electron chi connectivity index (χ3n) is 3.97. The van der Waals surface area contributed by atoms with E-state index in [4.69, 9.17) is 4.98 Å². The summed E-state index contributed by atoms with van der Waals surface area (Å²) >= 11 is 0. The van der Waals surface area contributed by atoms with Crippen LogP contribution in [0.1, 0.15) is 31.2 Å². The molecule has 3 heteroatoms. The molecular formula is C15H21N3. The summed E-state index contributed by atoms with van der Waals surface area (Å²) < 4.78 is 0. The summed E-state index contributed by atoms with van der Waals surface area (Å²) in [6.07, 6.45) is 4.70. The van der Waals surface area contributed by atoms with Crippen LogP contribution in [0, 0.1) is 5.92 Å². The molecule has 2 N–H and O–H groups in total. The number of H-pyrrole nitrogens is 1. The fourth-order valence-electron chi connectivity index (χ4n) is 2.88. The summed E-state index contributed by atoms with van der Waals surface area (Å²) in [6, 6.07) is 6.43. The lowest BCUT2D eigenvalue weighted by Gasteiger charge is -2.21. The molecule has 1 aromatic carbocycles. The maximum absolute atomic E-state index is 4.80. The Morgan fingerprint density at radius 3 is 2.89 bits per heavy atom. The number of nitrogens with zero attached hydrogens (tertiary/aromatic N) is 1. The van der Waals surface area contributed by atoms with Crippen LogP contribution in [0.5, 0.6) is 0 Å². The van der Waals surface area contributed by atoms with Crippen molar-refractivity contribution >= 4 is 11.0 Å². The Hall–Kier alpha value is -1.35. The van der Waals surface area contributed by atoms with Crippen LogP contribution < -0.4 is 5.32 Å². The summed E-state index contributed by atoms with van der Waals surface area (Å²) in [7, 11) is 0. The number of nitrogens with one attached hydrogen (secondary N) is 2. The van der Waals surface area contributed by atoms with E-state index >= 15 is 0 Å². The lowest BCUT2D eigenvalue weighted by Crippen LogP contribution is -2.28. The number of hydrogen-bond donors (Lipinski definition) is 2. The van der Waals surface area contributed by atoms with Crippen molar-refractivity contribution in [3.63, 3.8) is 0 Å². The Morgan fingerprint density at radius 1 is 1.28 bits per heavy atom. The number of imidazole rings is 1. The van der Waals surface area contributed by atoms with E-state index in [1.165, 1.54) is 29.4 Å². The van der Waals surface area contributed by atoms with E-state index in [1.54, 1.807) is 0 Å². The Morgan fingerprint density at radius 2 is 2.11 bits per heavy atom. The smallest absolute Gasteiger partial charge is 0.107 e. The van der Waals surface area contributed by atoms with Crippen molar-refractivity contribution in [3.8, 4) is 0 Å². The van der Waals surface area contributed by atoms with E-state index in [9.17, 15) is 0 Å². The second kappa shape index (κ2) is 5.11. The molecule has 18 heavy (non-hydrogen) atoms. The van der Waals surface area contributed by atoms with Crippen molar-refractivity contribution in [2.45, 2.75) is 32.6 Å². The highest BCUT2D eigenvalue weighted by atomic mass is 14.9. The Kier molecular flexibility index (Phi) is 3.33. The lowest BCUT2D eigenvalue weighted by atomic mass is 9.94. The maximum atomic E-state index is 4.80. The molecule has 1 aliphatic rings. The minimum absolute atomic E-state index is 0.789. The molecule has 1 aliphatic heterocycles. The molecule has 0 saturated carbocycles. The van der Waals surface area contributed by atoms with Crippen molar-refractivity contribution in [2.75, 3.05) is 13.1 Å². The third-order valence-corrected chi connectivity index (χ3v) is 3.97. The highest BCUT2D eigenvalue weighted by molar-refractivity contribution is 5.78. The van der Waals surface area contributed by atoms with Crippen molar-refractivity contribution in [3.05, 3.63) is 29.6 Å². The van der Waals surface area contributed by atoms with Crippen LogP contribution in [0.2, 0.25) is 0 Å². The van der Waals surface area contributed by atoms with Gasteiger partial charge in [0.25, 0.3) is 0 Å². The molecule has 1 aromatic heterocycles. The van der Waals surface area contributed by atoms with Gasteiger partial charge in [0.05, 0.1) is 11.0 Å². The first-order valence-electron chi connectivity index (χ1n) is 7.04. The first-order chi connectivity index (χ1) is 8.86. The molecule has 1 saturated heterocycles. The summed E-state index contributed by atoms with van der Waals surface area (Å²) in [6.45, 7) is 4.51. The zero-order chi connectivity index (χ0) is 12.4. The van der Waals surface area contributed by atoms with Gasteiger partial charge in [-0.15, -0.1) is 0 Å². The second-order valence-electron chi connectivity index (χ2n) is 5.25. The topological polar surface area (TPSA) is 40.7 Å². The molecule has 0 radical (unpaired) electrons. The Balaban J connectivity index is 1.84. The molecule has 0 unspecified atom stereocenters. The van der Waals surface area contributed by atoms with Crippen molar-refractivity contribution < 1.29 is 0 Å². The lowest BCUT2D eigenvalue weighted by molar-refractivity contribution is 0.368. The van der Waals surface area contributed by atoms with Gasteiger partial charge >= 0.3 is 0 Å². The van der Waals surface area contributed by atoms with Gasteiger partial charge in [-0.05, 0) is 49.9 Å². The summed E-state index contributed by atoms with van der Waals surface area (Å²) in [5.41, 5.74) is 3.71. The minimum Gasteiger partial charge on any atom is -0.342 e. The van der Waals surface area contributed by atoms with Gasteiger partial charge in [-0.1, -0.05) is 19.1 Å². The number of fused-ring (bicyclic) bond motifs is 1. The van der Waals surface area contributed by atoms with Crippen LogP contribution in [-0.2, 0) is 12.8 Å². The molecule has 2 aromatic rings. The zero-order valence-electron chi connectivity index (χ0n) is 11.0. The molecule has 2 heterocycles. The van der Waals surface area contributed by atoms with Crippen LogP contribution in [0.4, 0.5) is 0 Å². The highest BCUT2D eigenvalue weighted by Crippen LogP contribution is 2.21. The molecular weight excluding hydrogens is 222 g/mol. The van der Waals surface area contributed by atoms with Crippen molar-refractivity contribution in [1.82, 2.24) is 15.3 Å². The Labute approximate surface area is 108 Å². The van der Waals surface area contributed by atoms with Crippen LogP contribution in [0.25, 0.3) is 11.0 Å². The second-order valence-corrected chi connectivity index (χ2v) is 5.25. The average molecular weight is 243 g/mol. The van der Waals surface area contributed by atoms with E-state index < -0.39 is 0 Å². The normalized spacial score (nSPS) is 17.4. The van der Waals surface area contributed by atoms with Gasteiger partial charge in [-0.25, -0.2) is 4.98 Å². The maximum Gasteiger partial charge on any atom is 0.107 e. The Bertz CT molecular complexity index is 524. The molecule has 0 spiro atoms. The first kappa shape index (κ1) is 11.7. The highest BCUT2D eigenvalue weighted by Gasteiger charge is 2.15. The van der Waals surface area contributed by atoms with Gasteiger partial charge in [0, 0.05) is 6.42 Å². The van der Waals surface area contributed by atoms with E-state index in [2.05, 4.69) is 35.4 Å². The molecule has 0 aliphatic carbocycles. The van der Waals surface area contributed by atoms with Gasteiger partial charge < -0.3 is 10.3 Å². The standard InChI is InChI=1S/C15H21N3/c1-2-12-4-3-5-13-15(12)18-14(17-13)10-11-6-8-16-9-7-11/h3-5,11,16H,2,6-10H2,1H3,(H,17,18). The van der Waals surface area contributed by atoms with Crippen molar-refractivity contribution in [1.29, 1.82) is 0 Å². The minimum atomic E-state index is 0.789. The fourth-order valence-corrected chi connectivity index (χ4v) is 2.88. The quantitative estimate of drug-likeness (QED) is 0.870. The molecule has 3 nitrogen and oxygen atoms in total. The fraction of sp³-hybridized carbons (Fsp3) is 0.533. The summed E-state index contributed by atoms with van der Waals surface area (Å²) in [5.74, 6) is 1.95. The summed E-state index contributed by atoms with van der Waals surface area (Å²) in [4.78, 5) is 8.29. The number of aromatic nitrogens is 2. The number of piperidine rings is 1. The van der Waals surface area contributed by atoms with E-state index in [1.807, 2.05) is 0 Å². The average Bonchev–Trinajstić information content (AvgIpc) is 2.82. The molecule has 0 atom stereocenters. The number of aromatic amines is 1. The molecule has 0 amide bonds. The molecule has 1 fully saturated rings. The number of rotatable bonds is 3.